The monoisotopic (exact) mass is 480 g/mol. The number of hydrogen-bond donors (Lipinski definition) is 1. The number of methoxy groups -OCH3 is 1. The number of hydrogen-bond acceptors (Lipinski definition) is 5. The van der Waals surface area contributed by atoms with Gasteiger partial charge in [-0.1, -0.05) is 23.7 Å². The molecule has 3 aromatic rings. The molecule has 1 N–H and O–H groups in total. The highest BCUT2D eigenvalue weighted by Crippen LogP contribution is 2.29. The van der Waals surface area contributed by atoms with Crippen LogP contribution < -0.4 is 19.7 Å². The third-order valence-corrected chi connectivity index (χ3v) is 5.25. The number of amides is 4. The van der Waals surface area contributed by atoms with Gasteiger partial charge in [-0.3, -0.25) is 14.9 Å². The number of anilines is 1. The van der Waals surface area contributed by atoms with Gasteiger partial charge in [0.1, 0.15) is 29.5 Å². The van der Waals surface area contributed by atoms with Gasteiger partial charge in [0.15, 0.2) is 0 Å². The maximum Gasteiger partial charge on any atom is 0.335 e. The van der Waals surface area contributed by atoms with Crippen molar-refractivity contribution in [2.75, 3.05) is 12.0 Å². The Bertz CT molecular complexity index is 1290. The summed E-state index contributed by atoms with van der Waals surface area (Å²) in [6, 6.07) is 15.9. The molecule has 4 rings (SSSR count). The maximum absolute atomic E-state index is 13.1. The van der Waals surface area contributed by atoms with Crippen LogP contribution in [0.25, 0.3) is 6.08 Å². The van der Waals surface area contributed by atoms with E-state index in [1.165, 1.54) is 43.5 Å². The number of nitrogens with one attached hydrogen (secondary N) is 1. The van der Waals surface area contributed by atoms with Gasteiger partial charge >= 0.3 is 6.03 Å². The van der Waals surface area contributed by atoms with Crippen molar-refractivity contribution in [3.63, 3.8) is 0 Å². The van der Waals surface area contributed by atoms with Crippen molar-refractivity contribution in [3.05, 3.63) is 94.3 Å². The first-order chi connectivity index (χ1) is 16.4. The minimum atomic E-state index is -0.865. The highest BCUT2D eigenvalue weighted by molar-refractivity contribution is 6.39. The number of urea groups is 1. The van der Waals surface area contributed by atoms with Crippen molar-refractivity contribution in [1.29, 1.82) is 0 Å². The fourth-order valence-electron chi connectivity index (χ4n) is 3.28. The van der Waals surface area contributed by atoms with Crippen molar-refractivity contribution < 1.29 is 28.2 Å². The van der Waals surface area contributed by atoms with E-state index in [1.54, 1.807) is 36.4 Å². The van der Waals surface area contributed by atoms with Gasteiger partial charge in [0.25, 0.3) is 11.8 Å². The summed E-state index contributed by atoms with van der Waals surface area (Å²) < 4.78 is 24.1. The second-order valence-electron chi connectivity index (χ2n) is 7.25. The summed E-state index contributed by atoms with van der Waals surface area (Å²) in [5, 5.41) is 2.53. The van der Waals surface area contributed by atoms with Gasteiger partial charge in [0.2, 0.25) is 0 Å². The normalized spacial score (nSPS) is 14.9. The van der Waals surface area contributed by atoms with Crippen molar-refractivity contribution in [2.24, 2.45) is 0 Å². The molecule has 1 fully saturated rings. The molecule has 9 heteroatoms. The van der Waals surface area contributed by atoms with Gasteiger partial charge in [-0.05, 0) is 66.2 Å². The molecule has 0 aliphatic carbocycles. The van der Waals surface area contributed by atoms with Crippen LogP contribution in [0, 0.1) is 5.82 Å². The Hall–Kier alpha value is -4.17. The molecule has 172 valence electrons. The third-order valence-electron chi connectivity index (χ3n) is 5.01. The quantitative estimate of drug-likeness (QED) is 0.407. The van der Waals surface area contributed by atoms with E-state index in [2.05, 4.69) is 5.32 Å². The fraction of sp³-hybridized carbons (Fsp3) is 0.0800. The zero-order valence-corrected chi connectivity index (χ0v) is 18.6. The average Bonchev–Trinajstić information content (AvgIpc) is 2.82. The summed E-state index contributed by atoms with van der Waals surface area (Å²) >= 11 is 6.13. The molecule has 0 spiro atoms. The Morgan fingerprint density at radius 2 is 1.71 bits per heavy atom. The Balaban J connectivity index is 1.65. The van der Waals surface area contributed by atoms with E-state index in [9.17, 15) is 18.8 Å². The van der Waals surface area contributed by atoms with E-state index in [-0.39, 0.29) is 23.7 Å². The Labute approximate surface area is 199 Å². The number of benzene rings is 3. The largest absolute Gasteiger partial charge is 0.497 e. The standard InChI is InChI=1S/C25H18ClFN2O5/c1-33-20-9-7-19(8-10-20)29-24(31)21(23(30)28-25(29)32)13-16-12-17(26)4-11-22(16)34-14-15-2-5-18(27)6-3-15/h2-13H,14H2,1H3,(H,28,30,32)/b21-13+. The number of imide groups is 2. The van der Waals surface area contributed by atoms with Gasteiger partial charge < -0.3 is 9.47 Å². The van der Waals surface area contributed by atoms with E-state index in [4.69, 9.17) is 21.1 Å². The van der Waals surface area contributed by atoms with Crippen LogP contribution in [0.3, 0.4) is 0 Å². The summed E-state index contributed by atoms with van der Waals surface area (Å²) in [5.41, 5.74) is 1.07. The van der Waals surface area contributed by atoms with Gasteiger partial charge in [-0.2, -0.15) is 0 Å². The van der Waals surface area contributed by atoms with Crippen LogP contribution in [0.15, 0.2) is 72.3 Å². The van der Waals surface area contributed by atoms with Crippen molar-refractivity contribution in [3.8, 4) is 11.5 Å². The highest BCUT2D eigenvalue weighted by Gasteiger charge is 2.37. The number of carbonyl (C=O) groups is 3. The molecule has 0 aromatic heterocycles. The predicted octanol–water partition coefficient (Wildman–Crippen LogP) is 4.73. The van der Waals surface area contributed by atoms with E-state index in [0.717, 1.165) is 10.5 Å². The van der Waals surface area contributed by atoms with E-state index in [0.29, 0.717) is 22.1 Å². The molecule has 3 aromatic carbocycles. The van der Waals surface area contributed by atoms with Crippen molar-refractivity contribution in [1.82, 2.24) is 5.32 Å². The molecule has 1 heterocycles. The zero-order chi connectivity index (χ0) is 24.2. The number of ether oxygens (including phenoxy) is 2. The first-order valence-electron chi connectivity index (χ1n) is 10.1. The molecular formula is C25H18ClFN2O5. The lowest BCUT2D eigenvalue weighted by Crippen LogP contribution is -2.54. The van der Waals surface area contributed by atoms with Gasteiger partial charge in [0.05, 0.1) is 12.8 Å². The van der Waals surface area contributed by atoms with Crippen molar-refractivity contribution >= 4 is 41.2 Å². The summed E-state index contributed by atoms with van der Waals surface area (Å²) in [4.78, 5) is 38.9. The summed E-state index contributed by atoms with van der Waals surface area (Å²) in [7, 11) is 1.49. The minimum absolute atomic E-state index is 0.120. The highest BCUT2D eigenvalue weighted by atomic mass is 35.5. The molecule has 0 atom stereocenters. The predicted molar refractivity (Wildman–Crippen MR) is 124 cm³/mol. The molecular weight excluding hydrogens is 463 g/mol. The minimum Gasteiger partial charge on any atom is -0.497 e. The molecule has 0 saturated carbocycles. The number of halogens is 2. The molecule has 1 aliphatic heterocycles. The Kier molecular flexibility index (Phi) is 6.60. The summed E-state index contributed by atoms with van der Waals surface area (Å²) in [6.07, 6.45) is 1.31. The number of nitrogens with zero attached hydrogens (tertiary/aromatic N) is 1. The van der Waals surface area contributed by atoms with Crippen molar-refractivity contribution in [2.45, 2.75) is 6.61 Å². The lowest BCUT2D eigenvalue weighted by atomic mass is 10.1. The van der Waals surface area contributed by atoms with Crippen LogP contribution in [-0.4, -0.2) is 25.0 Å². The average molecular weight is 481 g/mol. The second kappa shape index (κ2) is 9.76. The zero-order valence-electron chi connectivity index (χ0n) is 17.9. The Morgan fingerprint density at radius 3 is 2.38 bits per heavy atom. The van der Waals surface area contributed by atoms with Crippen LogP contribution in [-0.2, 0) is 16.2 Å². The second-order valence-corrected chi connectivity index (χ2v) is 7.69. The molecule has 34 heavy (non-hydrogen) atoms. The Morgan fingerprint density at radius 1 is 1.00 bits per heavy atom. The van der Waals surface area contributed by atoms with Gasteiger partial charge in [-0.15, -0.1) is 0 Å². The lowest BCUT2D eigenvalue weighted by molar-refractivity contribution is -0.122. The SMILES string of the molecule is COc1ccc(N2C(=O)NC(=O)/C(=C\c3cc(Cl)ccc3OCc3ccc(F)cc3)C2=O)cc1. The van der Waals surface area contributed by atoms with E-state index < -0.39 is 17.8 Å². The van der Waals surface area contributed by atoms with Crippen LogP contribution in [0.2, 0.25) is 5.02 Å². The molecule has 0 unspecified atom stereocenters. The fourth-order valence-corrected chi connectivity index (χ4v) is 3.46. The number of barbiturate groups is 1. The smallest absolute Gasteiger partial charge is 0.335 e. The summed E-state index contributed by atoms with van der Waals surface area (Å²) in [6.45, 7) is 0.120. The van der Waals surface area contributed by atoms with E-state index in [1.807, 2.05) is 0 Å². The molecule has 4 amide bonds. The van der Waals surface area contributed by atoms with Gasteiger partial charge in [0, 0.05) is 10.6 Å². The van der Waals surface area contributed by atoms with Crippen LogP contribution in [0.1, 0.15) is 11.1 Å². The van der Waals surface area contributed by atoms with Crippen LogP contribution in [0.4, 0.5) is 14.9 Å². The molecule has 7 nitrogen and oxygen atoms in total. The molecule has 0 radical (unpaired) electrons. The first kappa shape index (κ1) is 23.0. The lowest BCUT2D eigenvalue weighted by Gasteiger charge is -2.26. The summed E-state index contributed by atoms with van der Waals surface area (Å²) in [5.74, 6) is -1.12. The maximum atomic E-state index is 13.1. The number of rotatable bonds is 6. The first-order valence-corrected chi connectivity index (χ1v) is 10.5. The van der Waals surface area contributed by atoms with Gasteiger partial charge in [-0.25, -0.2) is 14.1 Å². The topological polar surface area (TPSA) is 84.9 Å². The van der Waals surface area contributed by atoms with Crippen LogP contribution in [0.5, 0.6) is 11.5 Å². The third kappa shape index (κ3) is 4.92. The number of carbonyl (C=O) groups excluding carboxylic acids is 3. The molecule has 0 bridgehead atoms. The molecule has 1 saturated heterocycles. The van der Waals surface area contributed by atoms with Crippen LogP contribution >= 0.6 is 11.6 Å². The van der Waals surface area contributed by atoms with E-state index >= 15 is 0 Å². The molecule has 1 aliphatic rings.